The number of nitrogens with one attached hydrogen (secondary N) is 1. The van der Waals surface area contributed by atoms with E-state index >= 15 is 0 Å². The zero-order chi connectivity index (χ0) is 12.8. The van der Waals surface area contributed by atoms with Crippen LogP contribution in [0.4, 0.5) is 0 Å². The summed E-state index contributed by atoms with van der Waals surface area (Å²) >= 11 is 6.06. The molecule has 1 atom stereocenters. The first-order valence-corrected chi connectivity index (χ1v) is 6.38. The first-order chi connectivity index (χ1) is 8.04. The van der Waals surface area contributed by atoms with E-state index < -0.39 is 0 Å². The van der Waals surface area contributed by atoms with Gasteiger partial charge >= 0.3 is 0 Å². The smallest absolute Gasteiger partial charge is 0.0694 e. The average Bonchev–Trinajstić information content (AvgIpc) is 2.22. The number of ether oxygens (including phenoxy) is 1. The molecule has 0 amide bonds. The molecule has 3 heteroatoms. The second kappa shape index (κ2) is 7.00. The standard InChI is InChI=1S/C14H22ClNO/c1-10-5-11(2)14(12(3)6-10)8-16-7-13(15)9-17-4/h5-6,13,16H,7-9H2,1-4H3. The number of benzene rings is 1. The van der Waals surface area contributed by atoms with Gasteiger partial charge in [-0.3, -0.25) is 0 Å². The molecule has 1 aromatic rings. The van der Waals surface area contributed by atoms with Gasteiger partial charge in [-0.1, -0.05) is 17.7 Å². The van der Waals surface area contributed by atoms with Crippen molar-refractivity contribution < 1.29 is 4.74 Å². The van der Waals surface area contributed by atoms with Gasteiger partial charge in [0.1, 0.15) is 0 Å². The maximum atomic E-state index is 6.06. The van der Waals surface area contributed by atoms with Crippen molar-refractivity contribution >= 4 is 11.6 Å². The third-order valence-corrected chi connectivity index (χ3v) is 3.14. The first kappa shape index (κ1) is 14.5. The lowest BCUT2D eigenvalue weighted by molar-refractivity contribution is 0.197. The number of hydrogen-bond donors (Lipinski definition) is 1. The molecule has 17 heavy (non-hydrogen) atoms. The van der Waals surface area contributed by atoms with E-state index in [-0.39, 0.29) is 5.38 Å². The predicted molar refractivity (Wildman–Crippen MR) is 73.9 cm³/mol. The fourth-order valence-corrected chi connectivity index (χ4v) is 2.32. The average molecular weight is 256 g/mol. The van der Waals surface area contributed by atoms with E-state index in [9.17, 15) is 0 Å². The molecular weight excluding hydrogens is 234 g/mol. The van der Waals surface area contributed by atoms with Crippen molar-refractivity contribution in [2.24, 2.45) is 0 Å². The Hall–Kier alpha value is -0.570. The minimum atomic E-state index is 0.0334. The Morgan fingerprint density at radius 1 is 1.24 bits per heavy atom. The molecule has 0 spiro atoms. The van der Waals surface area contributed by atoms with Gasteiger partial charge in [0.25, 0.3) is 0 Å². The van der Waals surface area contributed by atoms with Gasteiger partial charge in [0.2, 0.25) is 0 Å². The van der Waals surface area contributed by atoms with Gasteiger partial charge in [0.05, 0.1) is 12.0 Å². The molecular formula is C14H22ClNO. The number of rotatable bonds is 6. The van der Waals surface area contributed by atoms with Gasteiger partial charge in [0, 0.05) is 20.2 Å². The summed E-state index contributed by atoms with van der Waals surface area (Å²) in [6.45, 7) is 8.66. The molecule has 0 aliphatic heterocycles. The van der Waals surface area contributed by atoms with E-state index in [1.807, 2.05) is 0 Å². The lowest BCUT2D eigenvalue weighted by Gasteiger charge is -2.14. The Kier molecular flexibility index (Phi) is 5.96. The predicted octanol–water partition coefficient (Wildman–Crippen LogP) is 2.96. The van der Waals surface area contributed by atoms with Gasteiger partial charge in [-0.15, -0.1) is 11.6 Å². The molecule has 0 heterocycles. The number of hydrogen-bond acceptors (Lipinski definition) is 2. The second-order valence-electron chi connectivity index (χ2n) is 4.56. The van der Waals surface area contributed by atoms with E-state index in [0.717, 1.165) is 13.1 Å². The largest absolute Gasteiger partial charge is 0.383 e. The summed E-state index contributed by atoms with van der Waals surface area (Å²) in [5, 5.41) is 3.41. The highest BCUT2D eigenvalue weighted by Gasteiger charge is 2.06. The summed E-state index contributed by atoms with van der Waals surface area (Å²) in [6.07, 6.45) is 0. The van der Waals surface area contributed by atoms with Gasteiger partial charge in [-0.25, -0.2) is 0 Å². The van der Waals surface area contributed by atoms with E-state index in [2.05, 4.69) is 38.2 Å². The monoisotopic (exact) mass is 255 g/mol. The molecule has 2 nitrogen and oxygen atoms in total. The molecule has 1 rings (SSSR count). The SMILES string of the molecule is COCC(Cl)CNCc1c(C)cc(C)cc1C. The Balaban J connectivity index is 2.52. The van der Waals surface area contributed by atoms with E-state index in [0.29, 0.717) is 6.61 Å². The van der Waals surface area contributed by atoms with Crippen LogP contribution in [-0.4, -0.2) is 25.6 Å². The molecule has 0 aromatic heterocycles. The summed E-state index contributed by atoms with van der Waals surface area (Å²) in [6, 6.07) is 4.44. The van der Waals surface area contributed by atoms with Crippen LogP contribution in [0, 0.1) is 20.8 Å². The molecule has 96 valence electrons. The van der Waals surface area contributed by atoms with Crippen LogP contribution in [-0.2, 0) is 11.3 Å². The van der Waals surface area contributed by atoms with Crippen molar-refractivity contribution in [1.82, 2.24) is 5.32 Å². The fraction of sp³-hybridized carbons (Fsp3) is 0.571. The van der Waals surface area contributed by atoms with E-state index in [4.69, 9.17) is 16.3 Å². The topological polar surface area (TPSA) is 21.3 Å². The first-order valence-electron chi connectivity index (χ1n) is 5.95. The van der Waals surface area contributed by atoms with Crippen molar-refractivity contribution in [3.63, 3.8) is 0 Å². The third kappa shape index (κ3) is 4.66. The Labute approximate surface area is 109 Å². The zero-order valence-corrected chi connectivity index (χ0v) is 11.9. The maximum Gasteiger partial charge on any atom is 0.0694 e. The van der Waals surface area contributed by atoms with E-state index in [1.54, 1.807) is 7.11 Å². The van der Waals surface area contributed by atoms with E-state index in [1.165, 1.54) is 22.3 Å². The highest BCUT2D eigenvalue weighted by atomic mass is 35.5. The second-order valence-corrected chi connectivity index (χ2v) is 5.18. The number of alkyl halides is 1. The fourth-order valence-electron chi connectivity index (χ4n) is 2.08. The van der Waals surface area contributed by atoms with Gasteiger partial charge in [-0.05, 0) is 37.5 Å². The Morgan fingerprint density at radius 3 is 2.35 bits per heavy atom. The summed E-state index contributed by atoms with van der Waals surface area (Å²) in [5.41, 5.74) is 5.37. The number of aryl methyl sites for hydroxylation is 3. The van der Waals surface area contributed by atoms with Crippen LogP contribution < -0.4 is 5.32 Å². The van der Waals surface area contributed by atoms with Gasteiger partial charge < -0.3 is 10.1 Å². The summed E-state index contributed by atoms with van der Waals surface area (Å²) in [5.74, 6) is 0. The molecule has 0 bridgehead atoms. The molecule has 0 fully saturated rings. The Morgan fingerprint density at radius 2 is 1.82 bits per heavy atom. The van der Waals surface area contributed by atoms with Crippen LogP contribution in [0.25, 0.3) is 0 Å². The minimum Gasteiger partial charge on any atom is -0.383 e. The van der Waals surface area contributed by atoms with Crippen LogP contribution in [0.3, 0.4) is 0 Å². The van der Waals surface area contributed by atoms with Crippen LogP contribution in [0.15, 0.2) is 12.1 Å². The van der Waals surface area contributed by atoms with Gasteiger partial charge in [0.15, 0.2) is 0 Å². The molecule has 0 aliphatic rings. The van der Waals surface area contributed by atoms with Crippen molar-refractivity contribution in [3.8, 4) is 0 Å². The molecule has 0 radical (unpaired) electrons. The van der Waals surface area contributed by atoms with Crippen molar-refractivity contribution in [3.05, 3.63) is 34.4 Å². The van der Waals surface area contributed by atoms with Gasteiger partial charge in [-0.2, -0.15) is 0 Å². The zero-order valence-electron chi connectivity index (χ0n) is 11.1. The minimum absolute atomic E-state index is 0.0334. The normalized spacial score (nSPS) is 12.8. The summed E-state index contributed by atoms with van der Waals surface area (Å²) in [4.78, 5) is 0. The highest BCUT2D eigenvalue weighted by molar-refractivity contribution is 6.20. The molecule has 0 aliphatic carbocycles. The number of methoxy groups -OCH3 is 1. The van der Waals surface area contributed by atoms with Crippen LogP contribution >= 0.6 is 11.6 Å². The molecule has 0 saturated carbocycles. The quantitative estimate of drug-likeness (QED) is 0.790. The summed E-state index contributed by atoms with van der Waals surface area (Å²) < 4.78 is 5.00. The third-order valence-electron chi connectivity index (χ3n) is 2.86. The molecule has 1 N–H and O–H groups in total. The lowest BCUT2D eigenvalue weighted by atomic mass is 10.00. The molecule has 0 saturated heterocycles. The molecule has 1 unspecified atom stereocenters. The number of halogens is 1. The van der Waals surface area contributed by atoms with Crippen LogP contribution in [0.2, 0.25) is 0 Å². The van der Waals surface area contributed by atoms with Crippen molar-refractivity contribution in [1.29, 1.82) is 0 Å². The lowest BCUT2D eigenvalue weighted by Crippen LogP contribution is -2.26. The molecule has 1 aromatic carbocycles. The highest BCUT2D eigenvalue weighted by Crippen LogP contribution is 2.16. The van der Waals surface area contributed by atoms with Crippen molar-refractivity contribution in [2.75, 3.05) is 20.3 Å². The Bertz CT molecular complexity index is 342. The van der Waals surface area contributed by atoms with Crippen molar-refractivity contribution in [2.45, 2.75) is 32.7 Å². The van der Waals surface area contributed by atoms with Crippen LogP contribution in [0.5, 0.6) is 0 Å². The summed E-state index contributed by atoms with van der Waals surface area (Å²) in [7, 11) is 1.67. The van der Waals surface area contributed by atoms with Crippen LogP contribution in [0.1, 0.15) is 22.3 Å². The maximum absolute atomic E-state index is 6.06.